The topological polar surface area (TPSA) is 23.9 Å². The highest BCUT2D eigenvalue weighted by Gasteiger charge is 2.07. The third kappa shape index (κ3) is 5.18. The fourth-order valence-electron chi connectivity index (χ4n) is 2.29. The minimum Gasteiger partial charge on any atom is -0.305 e. The van der Waals surface area contributed by atoms with Crippen LogP contribution in [0.2, 0.25) is 0 Å². The van der Waals surface area contributed by atoms with Crippen molar-refractivity contribution in [2.45, 2.75) is 47.5 Å². The monoisotopic (exact) mass is 281 g/mol. The predicted molar refractivity (Wildman–Crippen MR) is 95.1 cm³/mol. The molecule has 1 rings (SSSR count). The van der Waals surface area contributed by atoms with Gasteiger partial charge in [-0.1, -0.05) is 35.4 Å². The first-order chi connectivity index (χ1) is 9.85. The van der Waals surface area contributed by atoms with E-state index in [2.05, 4.69) is 64.6 Å². The summed E-state index contributed by atoms with van der Waals surface area (Å²) in [6.07, 6.45) is 5.99. The Labute approximate surface area is 129 Å². The molecule has 112 valence electrons. The third-order valence-electron chi connectivity index (χ3n) is 3.44. The number of hydrogen-bond donors (Lipinski definition) is 1. The summed E-state index contributed by atoms with van der Waals surface area (Å²) >= 11 is 0. The molecule has 1 heteroatoms. The molecule has 1 aromatic rings. The highest BCUT2D eigenvalue weighted by molar-refractivity contribution is 5.99. The lowest BCUT2D eigenvalue weighted by molar-refractivity contribution is 1.01. The minimum absolute atomic E-state index is 0.692. The quantitative estimate of drug-likeness (QED) is 0.371. The van der Waals surface area contributed by atoms with Gasteiger partial charge in [-0.05, 0) is 75.8 Å². The van der Waals surface area contributed by atoms with E-state index < -0.39 is 0 Å². The van der Waals surface area contributed by atoms with Crippen LogP contribution in [-0.2, 0) is 0 Å². The molecule has 0 aliphatic rings. The first-order valence-corrected chi connectivity index (χ1v) is 7.49. The zero-order valence-corrected chi connectivity index (χ0v) is 14.0. The fourth-order valence-corrected chi connectivity index (χ4v) is 2.29. The molecule has 0 saturated carbocycles. The Hall–Kier alpha value is -1.89. The number of rotatable bonds is 6. The van der Waals surface area contributed by atoms with Crippen LogP contribution in [0.5, 0.6) is 0 Å². The number of nitrogens with one attached hydrogen (secondary N) is 1. The summed E-state index contributed by atoms with van der Waals surface area (Å²) in [5.41, 5.74) is 7.84. The van der Waals surface area contributed by atoms with Crippen LogP contribution in [0.1, 0.15) is 57.2 Å². The Morgan fingerprint density at radius 3 is 2.33 bits per heavy atom. The Bertz CT molecular complexity index is 596. The lowest BCUT2D eigenvalue weighted by atomic mass is 9.94. The van der Waals surface area contributed by atoms with Gasteiger partial charge in [0.05, 0.1) is 0 Å². The average Bonchev–Trinajstić information content (AvgIpc) is 2.42. The molecule has 0 atom stereocenters. The van der Waals surface area contributed by atoms with Gasteiger partial charge < -0.3 is 5.41 Å². The maximum absolute atomic E-state index is 8.19. The zero-order valence-electron chi connectivity index (χ0n) is 14.0. The van der Waals surface area contributed by atoms with Crippen LogP contribution in [-0.4, -0.2) is 5.71 Å². The van der Waals surface area contributed by atoms with E-state index in [1.165, 1.54) is 22.3 Å². The number of hydrogen-bond acceptors (Lipinski definition) is 1. The molecule has 0 aromatic heterocycles. The summed E-state index contributed by atoms with van der Waals surface area (Å²) in [5.74, 6) is 0. The number of aryl methyl sites for hydroxylation is 1. The standard InChI is InChI=1S/C20H27N/c1-7-17(12-15(4)5)19-10-9-18(13-16(19)6)20(21)11-8-14(2)3/h7,9-10,12-13,21H,2,8,11H2,1,3-6H3/b17-7+,21-20?. The van der Waals surface area contributed by atoms with Crippen LogP contribution in [0.15, 0.2) is 48.1 Å². The second-order valence-electron chi connectivity index (χ2n) is 5.93. The molecule has 0 heterocycles. The Morgan fingerprint density at radius 1 is 1.19 bits per heavy atom. The zero-order chi connectivity index (χ0) is 16.0. The molecule has 0 amide bonds. The van der Waals surface area contributed by atoms with Gasteiger partial charge in [-0.15, -0.1) is 6.58 Å². The summed E-state index contributed by atoms with van der Waals surface area (Å²) < 4.78 is 0. The van der Waals surface area contributed by atoms with Crippen molar-refractivity contribution in [1.29, 1.82) is 5.41 Å². The molecule has 0 radical (unpaired) electrons. The van der Waals surface area contributed by atoms with Gasteiger partial charge in [0.2, 0.25) is 0 Å². The van der Waals surface area contributed by atoms with Crippen molar-refractivity contribution in [3.05, 3.63) is 64.8 Å². The largest absolute Gasteiger partial charge is 0.305 e. The Morgan fingerprint density at radius 2 is 1.86 bits per heavy atom. The third-order valence-corrected chi connectivity index (χ3v) is 3.44. The molecule has 0 unspecified atom stereocenters. The predicted octanol–water partition coefficient (Wildman–Crippen LogP) is 6.09. The van der Waals surface area contributed by atoms with Crippen molar-refractivity contribution in [2.24, 2.45) is 0 Å². The lowest BCUT2D eigenvalue weighted by Gasteiger charge is -2.11. The van der Waals surface area contributed by atoms with Gasteiger partial charge in [0.15, 0.2) is 0 Å². The molecule has 1 aromatic carbocycles. The molecule has 1 N–H and O–H groups in total. The van der Waals surface area contributed by atoms with Crippen molar-refractivity contribution in [2.75, 3.05) is 0 Å². The summed E-state index contributed by atoms with van der Waals surface area (Å²) in [4.78, 5) is 0. The van der Waals surface area contributed by atoms with Crippen LogP contribution in [0.25, 0.3) is 5.57 Å². The molecule has 0 spiro atoms. The Balaban J connectivity index is 3.03. The maximum atomic E-state index is 8.19. The van der Waals surface area contributed by atoms with Gasteiger partial charge in [-0.3, -0.25) is 0 Å². The van der Waals surface area contributed by atoms with Crippen molar-refractivity contribution < 1.29 is 0 Å². The summed E-state index contributed by atoms with van der Waals surface area (Å²) in [6, 6.07) is 6.32. The van der Waals surface area contributed by atoms with Crippen LogP contribution in [0.3, 0.4) is 0 Å². The molecular weight excluding hydrogens is 254 g/mol. The fraction of sp³-hybridized carbons (Fsp3) is 0.350. The SMILES string of the molecule is C=C(C)CCC(=N)c1ccc(/C(C=C(C)C)=C/C)c(C)c1. The van der Waals surface area contributed by atoms with Gasteiger partial charge in [-0.25, -0.2) is 0 Å². The molecular formula is C20H27N. The second-order valence-corrected chi connectivity index (χ2v) is 5.93. The van der Waals surface area contributed by atoms with E-state index in [4.69, 9.17) is 5.41 Å². The van der Waals surface area contributed by atoms with E-state index in [0.717, 1.165) is 24.0 Å². The van der Waals surface area contributed by atoms with Gasteiger partial charge in [-0.2, -0.15) is 0 Å². The first-order valence-electron chi connectivity index (χ1n) is 7.49. The number of allylic oxidation sites excluding steroid dienone is 5. The molecule has 0 aliphatic carbocycles. The maximum Gasteiger partial charge on any atom is 0.0389 e. The normalized spacial score (nSPS) is 11.2. The first kappa shape index (κ1) is 17.2. The summed E-state index contributed by atoms with van der Waals surface area (Å²) in [5, 5.41) is 8.19. The van der Waals surface area contributed by atoms with Crippen LogP contribution in [0.4, 0.5) is 0 Å². The second kappa shape index (κ2) is 7.78. The van der Waals surface area contributed by atoms with Crippen molar-refractivity contribution in [1.82, 2.24) is 0 Å². The van der Waals surface area contributed by atoms with Gasteiger partial charge >= 0.3 is 0 Å². The highest BCUT2D eigenvalue weighted by atomic mass is 14.4. The van der Waals surface area contributed by atoms with Crippen molar-refractivity contribution >= 4 is 11.3 Å². The van der Waals surface area contributed by atoms with E-state index in [0.29, 0.717) is 5.71 Å². The summed E-state index contributed by atoms with van der Waals surface area (Å²) in [6.45, 7) is 14.3. The van der Waals surface area contributed by atoms with Crippen molar-refractivity contribution in [3.63, 3.8) is 0 Å². The van der Waals surface area contributed by atoms with E-state index in [9.17, 15) is 0 Å². The van der Waals surface area contributed by atoms with Crippen LogP contribution >= 0.6 is 0 Å². The minimum atomic E-state index is 0.692. The number of benzene rings is 1. The van der Waals surface area contributed by atoms with E-state index in [1.807, 2.05) is 6.92 Å². The van der Waals surface area contributed by atoms with E-state index >= 15 is 0 Å². The molecule has 0 saturated heterocycles. The van der Waals surface area contributed by atoms with E-state index in [1.54, 1.807) is 0 Å². The van der Waals surface area contributed by atoms with Gasteiger partial charge in [0.1, 0.15) is 0 Å². The smallest absolute Gasteiger partial charge is 0.0389 e. The lowest BCUT2D eigenvalue weighted by Crippen LogP contribution is -2.01. The molecule has 21 heavy (non-hydrogen) atoms. The molecule has 0 aliphatic heterocycles. The van der Waals surface area contributed by atoms with Crippen LogP contribution in [0, 0.1) is 12.3 Å². The molecule has 0 bridgehead atoms. The Kier molecular flexibility index (Phi) is 6.36. The molecule has 1 nitrogen and oxygen atoms in total. The molecule has 0 fully saturated rings. The van der Waals surface area contributed by atoms with Crippen molar-refractivity contribution in [3.8, 4) is 0 Å². The average molecular weight is 281 g/mol. The highest BCUT2D eigenvalue weighted by Crippen LogP contribution is 2.23. The summed E-state index contributed by atoms with van der Waals surface area (Å²) in [7, 11) is 0. The van der Waals surface area contributed by atoms with Gasteiger partial charge in [0, 0.05) is 5.71 Å². The van der Waals surface area contributed by atoms with E-state index in [-0.39, 0.29) is 0 Å². The van der Waals surface area contributed by atoms with Crippen LogP contribution < -0.4 is 0 Å². The van der Waals surface area contributed by atoms with Gasteiger partial charge in [0.25, 0.3) is 0 Å².